The molecule has 0 radical (unpaired) electrons. The SMILES string of the molecule is Cc1cccc(OCCOCCOc2ccc(/C=C3\C(=O)NN(c4ccccc4)C3=O)cc2)c1. The topological polar surface area (TPSA) is 77.1 Å². The molecule has 0 unspecified atom stereocenters. The number of hydrogen-bond acceptors (Lipinski definition) is 5. The lowest BCUT2D eigenvalue weighted by Gasteiger charge is -2.13. The van der Waals surface area contributed by atoms with Gasteiger partial charge in [-0.3, -0.25) is 15.0 Å². The van der Waals surface area contributed by atoms with Gasteiger partial charge < -0.3 is 14.2 Å². The van der Waals surface area contributed by atoms with E-state index in [1.54, 1.807) is 54.6 Å². The Kier molecular flexibility index (Phi) is 7.57. The zero-order valence-electron chi connectivity index (χ0n) is 18.9. The quantitative estimate of drug-likeness (QED) is 0.283. The molecule has 2 amide bonds. The monoisotopic (exact) mass is 458 g/mol. The fraction of sp³-hybridized carbons (Fsp3) is 0.185. The van der Waals surface area contributed by atoms with E-state index in [0.29, 0.717) is 37.9 Å². The molecule has 4 rings (SSSR count). The second-order valence-corrected chi connectivity index (χ2v) is 7.67. The van der Waals surface area contributed by atoms with Crippen LogP contribution in [0, 0.1) is 6.92 Å². The van der Waals surface area contributed by atoms with Crippen LogP contribution in [0.3, 0.4) is 0 Å². The Morgan fingerprint density at radius 1 is 0.794 bits per heavy atom. The molecular formula is C27H26N2O5. The van der Waals surface area contributed by atoms with Gasteiger partial charge in [-0.1, -0.05) is 42.5 Å². The van der Waals surface area contributed by atoms with Crippen molar-refractivity contribution in [3.8, 4) is 11.5 Å². The molecule has 7 heteroatoms. The van der Waals surface area contributed by atoms with E-state index >= 15 is 0 Å². The lowest BCUT2D eigenvalue weighted by atomic mass is 10.1. The van der Waals surface area contributed by atoms with E-state index in [1.165, 1.54) is 5.01 Å². The molecule has 1 aliphatic rings. The maximum absolute atomic E-state index is 12.7. The number of hydrogen-bond donors (Lipinski definition) is 1. The molecule has 3 aromatic rings. The minimum Gasteiger partial charge on any atom is -0.491 e. The highest BCUT2D eigenvalue weighted by molar-refractivity contribution is 6.31. The van der Waals surface area contributed by atoms with Crippen LogP contribution in [0.1, 0.15) is 11.1 Å². The Balaban J connectivity index is 1.21. The zero-order valence-corrected chi connectivity index (χ0v) is 18.9. The number of rotatable bonds is 10. The Hall–Kier alpha value is -4.10. The van der Waals surface area contributed by atoms with Gasteiger partial charge in [-0.05, 0) is 60.5 Å². The largest absolute Gasteiger partial charge is 0.491 e. The average molecular weight is 459 g/mol. The van der Waals surface area contributed by atoms with Crippen molar-refractivity contribution in [3.05, 3.63) is 95.6 Å². The van der Waals surface area contributed by atoms with E-state index in [2.05, 4.69) is 5.43 Å². The normalized spacial score (nSPS) is 14.4. The minimum atomic E-state index is -0.433. The smallest absolute Gasteiger partial charge is 0.282 e. The van der Waals surface area contributed by atoms with Gasteiger partial charge in [0.25, 0.3) is 11.8 Å². The molecule has 0 aliphatic carbocycles. The van der Waals surface area contributed by atoms with Gasteiger partial charge in [-0.2, -0.15) is 0 Å². The average Bonchev–Trinajstić information content (AvgIpc) is 3.13. The summed E-state index contributed by atoms with van der Waals surface area (Å²) >= 11 is 0. The van der Waals surface area contributed by atoms with Crippen molar-refractivity contribution in [2.45, 2.75) is 6.92 Å². The first kappa shape index (κ1) is 23.1. The predicted octanol–water partition coefficient (Wildman–Crippen LogP) is 3.93. The van der Waals surface area contributed by atoms with E-state index in [9.17, 15) is 9.59 Å². The Bertz CT molecular complexity index is 1160. The van der Waals surface area contributed by atoms with Crippen LogP contribution in [-0.4, -0.2) is 38.2 Å². The number of nitrogens with zero attached hydrogens (tertiary/aromatic N) is 1. The van der Waals surface area contributed by atoms with Crippen LogP contribution in [0.15, 0.2) is 84.4 Å². The molecule has 1 heterocycles. The van der Waals surface area contributed by atoms with Crippen LogP contribution in [0.25, 0.3) is 6.08 Å². The van der Waals surface area contributed by atoms with Crippen LogP contribution < -0.4 is 19.9 Å². The number of carbonyl (C=O) groups excluding carboxylic acids is 2. The summed E-state index contributed by atoms with van der Waals surface area (Å²) in [5, 5.41) is 1.25. The van der Waals surface area contributed by atoms with Gasteiger partial charge in [0.15, 0.2) is 0 Å². The Morgan fingerprint density at radius 3 is 2.21 bits per heavy atom. The van der Waals surface area contributed by atoms with E-state index in [1.807, 2.05) is 37.3 Å². The number of amides is 2. The van der Waals surface area contributed by atoms with E-state index in [0.717, 1.165) is 16.9 Å². The number of anilines is 1. The Morgan fingerprint density at radius 2 is 1.50 bits per heavy atom. The first-order valence-corrected chi connectivity index (χ1v) is 11.0. The van der Waals surface area contributed by atoms with E-state index < -0.39 is 5.91 Å². The molecule has 0 bridgehead atoms. The summed E-state index contributed by atoms with van der Waals surface area (Å²) in [5.41, 5.74) is 5.16. The van der Waals surface area contributed by atoms with Crippen LogP contribution >= 0.6 is 0 Å². The fourth-order valence-electron chi connectivity index (χ4n) is 3.39. The molecule has 3 aromatic carbocycles. The summed E-state index contributed by atoms with van der Waals surface area (Å²) in [4.78, 5) is 25.0. The van der Waals surface area contributed by atoms with Gasteiger partial charge in [-0.15, -0.1) is 0 Å². The first-order valence-electron chi connectivity index (χ1n) is 11.0. The third kappa shape index (κ3) is 6.02. The van der Waals surface area contributed by atoms with Crippen LogP contribution in [0.5, 0.6) is 11.5 Å². The number of ether oxygens (including phenoxy) is 3. The van der Waals surface area contributed by atoms with Gasteiger partial charge in [0, 0.05) is 0 Å². The summed E-state index contributed by atoms with van der Waals surface area (Å²) in [6.45, 7) is 3.81. The highest BCUT2D eigenvalue weighted by Gasteiger charge is 2.34. The maximum Gasteiger partial charge on any atom is 0.282 e. The first-order chi connectivity index (χ1) is 16.6. The third-order valence-electron chi connectivity index (χ3n) is 5.08. The van der Waals surface area contributed by atoms with Gasteiger partial charge in [-0.25, -0.2) is 5.01 Å². The number of para-hydroxylation sites is 1. The molecule has 1 saturated heterocycles. The zero-order chi connectivity index (χ0) is 23.8. The third-order valence-corrected chi connectivity index (χ3v) is 5.08. The van der Waals surface area contributed by atoms with Crippen molar-refractivity contribution in [1.29, 1.82) is 0 Å². The molecule has 7 nitrogen and oxygen atoms in total. The van der Waals surface area contributed by atoms with Crippen molar-refractivity contribution in [1.82, 2.24) is 5.43 Å². The number of hydrazine groups is 1. The van der Waals surface area contributed by atoms with Crippen molar-refractivity contribution >= 4 is 23.6 Å². The van der Waals surface area contributed by atoms with Crippen LogP contribution in [0.4, 0.5) is 5.69 Å². The standard InChI is InChI=1S/C27H26N2O5/c1-20-6-5-9-24(18-20)34-17-15-32-14-16-33-23-12-10-21(11-13-23)19-25-26(30)28-29(27(25)31)22-7-3-2-4-8-22/h2-13,18-19H,14-17H2,1H3,(H,28,30)/b25-19+. The van der Waals surface area contributed by atoms with Crippen molar-refractivity contribution < 1.29 is 23.8 Å². The molecule has 0 atom stereocenters. The fourth-order valence-corrected chi connectivity index (χ4v) is 3.39. The van der Waals surface area contributed by atoms with E-state index in [4.69, 9.17) is 14.2 Å². The number of carbonyl (C=O) groups is 2. The van der Waals surface area contributed by atoms with Crippen molar-refractivity contribution in [3.63, 3.8) is 0 Å². The molecule has 1 N–H and O–H groups in total. The van der Waals surface area contributed by atoms with Gasteiger partial charge >= 0.3 is 0 Å². The summed E-state index contributed by atoms with van der Waals surface area (Å²) in [7, 11) is 0. The molecule has 0 spiro atoms. The maximum atomic E-state index is 12.7. The Labute approximate surface area is 198 Å². The lowest BCUT2D eigenvalue weighted by Crippen LogP contribution is -2.35. The minimum absolute atomic E-state index is 0.0822. The highest BCUT2D eigenvalue weighted by Crippen LogP contribution is 2.22. The van der Waals surface area contributed by atoms with Crippen LogP contribution in [-0.2, 0) is 14.3 Å². The summed E-state index contributed by atoms with van der Waals surface area (Å²) < 4.78 is 16.9. The summed E-state index contributed by atoms with van der Waals surface area (Å²) in [6, 6.07) is 24.0. The van der Waals surface area contributed by atoms with Crippen molar-refractivity contribution in [2.75, 3.05) is 31.4 Å². The highest BCUT2D eigenvalue weighted by atomic mass is 16.5. The predicted molar refractivity (Wildman–Crippen MR) is 129 cm³/mol. The number of benzene rings is 3. The van der Waals surface area contributed by atoms with Gasteiger partial charge in [0.05, 0.1) is 18.9 Å². The molecule has 174 valence electrons. The van der Waals surface area contributed by atoms with E-state index in [-0.39, 0.29) is 11.5 Å². The molecule has 34 heavy (non-hydrogen) atoms. The van der Waals surface area contributed by atoms with Crippen molar-refractivity contribution in [2.24, 2.45) is 0 Å². The molecule has 1 aliphatic heterocycles. The van der Waals surface area contributed by atoms with Gasteiger partial charge in [0.2, 0.25) is 0 Å². The number of nitrogens with one attached hydrogen (secondary N) is 1. The van der Waals surface area contributed by atoms with Gasteiger partial charge in [0.1, 0.15) is 30.3 Å². The summed E-state index contributed by atoms with van der Waals surface area (Å²) in [6.07, 6.45) is 1.57. The lowest BCUT2D eigenvalue weighted by molar-refractivity contribution is -0.117. The second-order valence-electron chi connectivity index (χ2n) is 7.67. The number of aryl methyl sites for hydroxylation is 1. The molecule has 0 aromatic heterocycles. The summed E-state index contributed by atoms with van der Waals surface area (Å²) in [5.74, 6) is 0.687. The molecular weight excluding hydrogens is 432 g/mol. The van der Waals surface area contributed by atoms with Crippen LogP contribution in [0.2, 0.25) is 0 Å². The second kappa shape index (κ2) is 11.2. The molecule has 1 fully saturated rings. The molecule has 0 saturated carbocycles.